The zero-order chi connectivity index (χ0) is 24.0. The number of aromatic nitrogens is 5. The van der Waals surface area contributed by atoms with Crippen LogP contribution in [0, 0.1) is 5.92 Å². The predicted octanol–water partition coefficient (Wildman–Crippen LogP) is 3.27. The zero-order valence-corrected chi connectivity index (χ0v) is 19.6. The molecular weight excluding hydrogens is 471 g/mol. The second-order valence-corrected chi connectivity index (χ2v) is 9.61. The standard InChI is InChI=1S/C21H24F3N7O2S/c1-3-4-13-9-14-16(29-7-8-31-15(11-29)27-28-19(31)21(22,23)24)25-20(26-17(14)34-13)30-6-5-12(10-30)18(32)33-2/h9,12H,3-8,10-11H2,1-2H3/t12-/m0/s1. The van der Waals surface area contributed by atoms with Crippen molar-refractivity contribution in [2.75, 3.05) is 36.5 Å². The van der Waals surface area contributed by atoms with Crippen molar-refractivity contribution >= 4 is 39.3 Å². The molecule has 0 N–H and O–H groups in total. The molecular formula is C21H24F3N7O2S. The number of rotatable bonds is 5. The Morgan fingerprint density at radius 3 is 2.76 bits per heavy atom. The Hall–Kier alpha value is -2.96. The number of carbonyl (C=O) groups is 1. The average molecular weight is 496 g/mol. The summed E-state index contributed by atoms with van der Waals surface area (Å²) in [6.45, 7) is 3.81. The van der Waals surface area contributed by atoms with Crippen LogP contribution in [0.1, 0.15) is 36.3 Å². The highest BCUT2D eigenvalue weighted by Gasteiger charge is 2.40. The number of esters is 1. The Balaban J connectivity index is 1.51. The number of hydrogen-bond acceptors (Lipinski definition) is 9. The van der Waals surface area contributed by atoms with Gasteiger partial charge in [0, 0.05) is 31.1 Å². The molecule has 2 aliphatic rings. The molecule has 1 fully saturated rings. The summed E-state index contributed by atoms with van der Waals surface area (Å²) in [6, 6.07) is 2.07. The molecule has 0 spiro atoms. The van der Waals surface area contributed by atoms with E-state index < -0.39 is 12.0 Å². The highest BCUT2D eigenvalue weighted by molar-refractivity contribution is 7.18. The van der Waals surface area contributed by atoms with Crippen LogP contribution in [0.15, 0.2) is 6.07 Å². The Morgan fingerprint density at radius 2 is 2.03 bits per heavy atom. The average Bonchev–Trinajstić information content (AvgIpc) is 3.54. The summed E-state index contributed by atoms with van der Waals surface area (Å²) in [5.74, 6) is -0.0167. The number of methoxy groups -OCH3 is 1. The molecule has 0 aliphatic carbocycles. The van der Waals surface area contributed by atoms with Crippen molar-refractivity contribution in [1.82, 2.24) is 24.7 Å². The number of fused-ring (bicyclic) bond motifs is 2. The minimum atomic E-state index is -4.54. The van der Waals surface area contributed by atoms with Crippen molar-refractivity contribution in [3.63, 3.8) is 0 Å². The maximum Gasteiger partial charge on any atom is 0.451 e. The number of hydrogen-bond donors (Lipinski definition) is 0. The lowest BCUT2D eigenvalue weighted by Crippen LogP contribution is -2.36. The van der Waals surface area contributed by atoms with E-state index in [9.17, 15) is 18.0 Å². The smallest absolute Gasteiger partial charge is 0.451 e. The van der Waals surface area contributed by atoms with Crippen molar-refractivity contribution in [2.45, 2.75) is 45.5 Å². The third-order valence-corrected chi connectivity index (χ3v) is 7.31. The van der Waals surface area contributed by atoms with Gasteiger partial charge in [-0.3, -0.25) is 4.79 Å². The van der Waals surface area contributed by atoms with E-state index >= 15 is 0 Å². The third kappa shape index (κ3) is 4.05. The number of nitrogens with zero attached hydrogens (tertiary/aromatic N) is 7. The van der Waals surface area contributed by atoms with Gasteiger partial charge in [-0.1, -0.05) is 13.3 Å². The number of carbonyl (C=O) groups excluding carboxylic acids is 1. The summed E-state index contributed by atoms with van der Waals surface area (Å²) in [5.41, 5.74) is 0. The molecule has 0 unspecified atom stereocenters. The minimum Gasteiger partial charge on any atom is -0.469 e. The highest BCUT2D eigenvalue weighted by atomic mass is 32.1. The summed E-state index contributed by atoms with van der Waals surface area (Å²) < 4.78 is 45.8. The largest absolute Gasteiger partial charge is 0.469 e. The summed E-state index contributed by atoms with van der Waals surface area (Å²) in [5, 5.41) is 8.06. The van der Waals surface area contributed by atoms with Crippen LogP contribution in [0.2, 0.25) is 0 Å². The third-order valence-electron chi connectivity index (χ3n) is 6.22. The van der Waals surface area contributed by atoms with Crippen LogP contribution in [0.25, 0.3) is 10.2 Å². The molecule has 2 aliphatic heterocycles. The zero-order valence-electron chi connectivity index (χ0n) is 18.8. The molecule has 3 aromatic heterocycles. The van der Waals surface area contributed by atoms with Gasteiger partial charge in [0.2, 0.25) is 11.8 Å². The number of thiophene rings is 1. The van der Waals surface area contributed by atoms with E-state index in [1.807, 2.05) is 9.80 Å². The molecule has 9 nitrogen and oxygen atoms in total. The van der Waals surface area contributed by atoms with E-state index in [4.69, 9.17) is 14.7 Å². The van der Waals surface area contributed by atoms with Crippen LogP contribution in [-0.4, -0.2) is 57.4 Å². The minimum absolute atomic E-state index is 0.109. The Labute approximate surface area is 197 Å². The van der Waals surface area contributed by atoms with Gasteiger partial charge >= 0.3 is 12.1 Å². The first-order chi connectivity index (χ1) is 16.3. The molecule has 1 atom stereocenters. The molecule has 182 valence electrons. The lowest BCUT2D eigenvalue weighted by Gasteiger charge is -2.30. The maximum absolute atomic E-state index is 13.3. The van der Waals surface area contributed by atoms with Crippen LogP contribution in [0.5, 0.6) is 0 Å². The van der Waals surface area contributed by atoms with Crippen LogP contribution in [0.3, 0.4) is 0 Å². The molecule has 0 saturated carbocycles. The predicted molar refractivity (Wildman–Crippen MR) is 120 cm³/mol. The summed E-state index contributed by atoms with van der Waals surface area (Å²) >= 11 is 1.60. The molecule has 5 heterocycles. The first-order valence-electron chi connectivity index (χ1n) is 11.2. The van der Waals surface area contributed by atoms with E-state index in [1.54, 1.807) is 11.3 Å². The van der Waals surface area contributed by atoms with Gasteiger partial charge in [0.05, 0.1) is 25.0 Å². The van der Waals surface area contributed by atoms with E-state index in [2.05, 4.69) is 23.2 Å². The first-order valence-corrected chi connectivity index (χ1v) is 12.0. The maximum atomic E-state index is 13.3. The van der Waals surface area contributed by atoms with Gasteiger partial charge in [-0.15, -0.1) is 21.5 Å². The van der Waals surface area contributed by atoms with Crippen molar-refractivity contribution in [3.05, 3.63) is 22.6 Å². The quantitative estimate of drug-likeness (QED) is 0.499. The molecule has 0 aromatic carbocycles. The van der Waals surface area contributed by atoms with Crippen molar-refractivity contribution in [2.24, 2.45) is 5.92 Å². The van der Waals surface area contributed by atoms with Crippen LogP contribution < -0.4 is 9.80 Å². The van der Waals surface area contributed by atoms with Gasteiger partial charge in [-0.25, -0.2) is 4.98 Å². The Kier molecular flexibility index (Phi) is 5.82. The molecule has 1 saturated heterocycles. The second kappa shape index (κ2) is 8.67. The number of halogens is 3. The Morgan fingerprint density at radius 1 is 1.21 bits per heavy atom. The number of anilines is 2. The van der Waals surface area contributed by atoms with Gasteiger partial charge in [0.15, 0.2) is 5.82 Å². The van der Waals surface area contributed by atoms with Crippen molar-refractivity contribution < 1.29 is 22.7 Å². The van der Waals surface area contributed by atoms with E-state index in [0.717, 1.165) is 27.6 Å². The van der Waals surface area contributed by atoms with Crippen LogP contribution >= 0.6 is 11.3 Å². The molecule has 34 heavy (non-hydrogen) atoms. The summed E-state index contributed by atoms with van der Waals surface area (Å²) in [4.78, 5) is 27.5. The van der Waals surface area contributed by atoms with Crippen LogP contribution in [0.4, 0.5) is 24.9 Å². The molecule has 5 rings (SSSR count). The van der Waals surface area contributed by atoms with Gasteiger partial charge in [-0.2, -0.15) is 18.2 Å². The van der Waals surface area contributed by atoms with Crippen LogP contribution in [-0.2, 0) is 35.2 Å². The van der Waals surface area contributed by atoms with Crippen molar-refractivity contribution in [1.29, 1.82) is 0 Å². The first kappa shape index (κ1) is 22.8. The number of ether oxygens (including phenoxy) is 1. The normalized spacial score (nSPS) is 18.6. The fourth-order valence-electron chi connectivity index (χ4n) is 4.55. The SMILES string of the molecule is CCCc1cc2c(N3CCn4c(nnc4C(F)(F)F)C3)nc(N3CC[C@H](C(=O)OC)C3)nc2s1. The summed E-state index contributed by atoms with van der Waals surface area (Å²) in [7, 11) is 1.38. The summed E-state index contributed by atoms with van der Waals surface area (Å²) in [6.07, 6.45) is -1.99. The molecule has 13 heteroatoms. The van der Waals surface area contributed by atoms with E-state index in [1.165, 1.54) is 12.0 Å². The second-order valence-electron chi connectivity index (χ2n) is 8.49. The van der Waals surface area contributed by atoms with Gasteiger partial charge in [-0.05, 0) is 18.9 Å². The lowest BCUT2D eigenvalue weighted by molar-refractivity contribution is -0.147. The fraction of sp³-hybridized carbons (Fsp3) is 0.571. The number of alkyl halides is 3. The fourth-order valence-corrected chi connectivity index (χ4v) is 5.67. The molecule has 0 amide bonds. The van der Waals surface area contributed by atoms with Gasteiger partial charge in [0.1, 0.15) is 10.6 Å². The van der Waals surface area contributed by atoms with Gasteiger partial charge in [0.25, 0.3) is 0 Å². The number of aryl methyl sites for hydroxylation is 1. The lowest BCUT2D eigenvalue weighted by atomic mass is 10.1. The highest BCUT2D eigenvalue weighted by Crippen LogP contribution is 2.36. The molecule has 3 aromatic rings. The Bertz CT molecular complexity index is 1230. The topological polar surface area (TPSA) is 89.3 Å². The van der Waals surface area contributed by atoms with Crippen molar-refractivity contribution in [3.8, 4) is 0 Å². The van der Waals surface area contributed by atoms with E-state index in [0.29, 0.717) is 37.8 Å². The van der Waals surface area contributed by atoms with Gasteiger partial charge < -0.3 is 19.1 Å². The molecule has 0 bridgehead atoms. The monoisotopic (exact) mass is 495 g/mol. The van der Waals surface area contributed by atoms with E-state index in [-0.39, 0.29) is 30.8 Å². The molecule has 0 radical (unpaired) electrons.